The van der Waals surface area contributed by atoms with Crippen LogP contribution in [0.15, 0.2) is 16.8 Å². The molecule has 7 heteroatoms. The molecule has 3 N–H and O–H groups in total. The predicted molar refractivity (Wildman–Crippen MR) is 80.6 cm³/mol. The predicted octanol–water partition coefficient (Wildman–Crippen LogP) is 0.656. The Labute approximate surface area is 128 Å². The standard InChI is InChI=1S/C15H20N4O3/c1-8(2)13-11-3-9(5-18-15(11)22-19-13)14(21)17-6-10-4-16-7-12(10)20/h3,5,8,10,12,16,20H,4,6-7H2,1-2H3,(H,17,21). The summed E-state index contributed by atoms with van der Waals surface area (Å²) in [7, 11) is 0. The normalized spacial score (nSPS) is 21.6. The van der Waals surface area contributed by atoms with Gasteiger partial charge in [0.2, 0.25) is 0 Å². The molecule has 1 saturated heterocycles. The number of carbonyl (C=O) groups is 1. The van der Waals surface area contributed by atoms with E-state index < -0.39 is 6.10 Å². The summed E-state index contributed by atoms with van der Waals surface area (Å²) >= 11 is 0. The fraction of sp³-hybridized carbons (Fsp3) is 0.533. The van der Waals surface area contributed by atoms with Gasteiger partial charge in [0.25, 0.3) is 11.6 Å². The molecule has 7 nitrogen and oxygen atoms in total. The van der Waals surface area contributed by atoms with E-state index in [1.807, 2.05) is 13.8 Å². The Balaban J connectivity index is 1.74. The fourth-order valence-corrected chi connectivity index (χ4v) is 2.64. The molecule has 2 atom stereocenters. The lowest BCUT2D eigenvalue weighted by atomic mass is 10.1. The molecule has 0 bridgehead atoms. The van der Waals surface area contributed by atoms with Crippen LogP contribution in [0.1, 0.15) is 35.8 Å². The third-order valence-corrected chi connectivity index (χ3v) is 4.00. The molecule has 0 spiro atoms. The minimum atomic E-state index is -0.411. The molecule has 0 saturated carbocycles. The van der Waals surface area contributed by atoms with Crippen LogP contribution in [0.2, 0.25) is 0 Å². The molecule has 3 rings (SSSR count). The van der Waals surface area contributed by atoms with Crippen molar-refractivity contribution in [3.63, 3.8) is 0 Å². The third kappa shape index (κ3) is 2.82. The smallest absolute Gasteiger partial charge is 0.257 e. The van der Waals surface area contributed by atoms with Crippen molar-refractivity contribution < 1.29 is 14.4 Å². The van der Waals surface area contributed by atoms with Crippen molar-refractivity contribution in [3.05, 3.63) is 23.5 Å². The van der Waals surface area contributed by atoms with Gasteiger partial charge in [0.15, 0.2) is 0 Å². The van der Waals surface area contributed by atoms with Crippen LogP contribution in [0, 0.1) is 5.92 Å². The topological polar surface area (TPSA) is 100 Å². The Morgan fingerprint density at radius 3 is 3.05 bits per heavy atom. The van der Waals surface area contributed by atoms with Crippen molar-refractivity contribution in [1.29, 1.82) is 0 Å². The van der Waals surface area contributed by atoms with E-state index in [2.05, 4.69) is 20.8 Å². The SMILES string of the molecule is CC(C)c1noc2ncc(C(=O)NCC3CNCC3O)cc12. The summed E-state index contributed by atoms with van der Waals surface area (Å²) < 4.78 is 5.17. The molecule has 1 aliphatic heterocycles. The molecule has 0 aliphatic carbocycles. The van der Waals surface area contributed by atoms with E-state index in [9.17, 15) is 9.90 Å². The van der Waals surface area contributed by atoms with Gasteiger partial charge in [-0.15, -0.1) is 0 Å². The molecule has 2 aromatic heterocycles. The van der Waals surface area contributed by atoms with Crippen molar-refractivity contribution >= 4 is 17.0 Å². The number of pyridine rings is 1. The zero-order chi connectivity index (χ0) is 15.7. The molecule has 0 radical (unpaired) electrons. The first kappa shape index (κ1) is 14.9. The van der Waals surface area contributed by atoms with Crippen LogP contribution in [0.4, 0.5) is 0 Å². The fourth-order valence-electron chi connectivity index (χ4n) is 2.64. The van der Waals surface area contributed by atoms with Crippen LogP contribution >= 0.6 is 0 Å². The highest BCUT2D eigenvalue weighted by molar-refractivity contribution is 5.97. The van der Waals surface area contributed by atoms with Gasteiger partial charge in [0.05, 0.1) is 22.7 Å². The highest BCUT2D eigenvalue weighted by Crippen LogP contribution is 2.24. The van der Waals surface area contributed by atoms with Gasteiger partial charge in [-0.05, 0) is 12.0 Å². The number of nitrogens with one attached hydrogen (secondary N) is 2. The maximum atomic E-state index is 12.3. The Kier molecular flexibility index (Phi) is 4.08. The Bertz CT molecular complexity index is 682. The summed E-state index contributed by atoms with van der Waals surface area (Å²) in [5.74, 6) is 0.0351. The lowest BCUT2D eigenvalue weighted by Gasteiger charge is -2.14. The average Bonchev–Trinajstić information content (AvgIpc) is 3.10. The summed E-state index contributed by atoms with van der Waals surface area (Å²) in [6, 6.07) is 1.76. The number of nitrogens with zero attached hydrogens (tertiary/aromatic N) is 2. The number of aliphatic hydroxyl groups excluding tert-OH is 1. The number of rotatable bonds is 4. The third-order valence-electron chi connectivity index (χ3n) is 4.00. The number of hydrogen-bond donors (Lipinski definition) is 3. The highest BCUT2D eigenvalue weighted by Gasteiger charge is 2.25. The Morgan fingerprint density at radius 2 is 2.36 bits per heavy atom. The molecule has 1 aliphatic rings. The van der Waals surface area contributed by atoms with E-state index in [1.54, 1.807) is 6.07 Å². The molecule has 2 aromatic rings. The summed E-state index contributed by atoms with van der Waals surface area (Å²) in [5.41, 5.74) is 1.71. The van der Waals surface area contributed by atoms with Gasteiger partial charge in [-0.3, -0.25) is 4.79 Å². The van der Waals surface area contributed by atoms with Crippen LogP contribution < -0.4 is 10.6 Å². The minimum absolute atomic E-state index is 0.0439. The highest BCUT2D eigenvalue weighted by atomic mass is 16.5. The molecule has 3 heterocycles. The quantitative estimate of drug-likeness (QED) is 0.767. The van der Waals surface area contributed by atoms with Crippen molar-refractivity contribution in [2.24, 2.45) is 5.92 Å². The van der Waals surface area contributed by atoms with Gasteiger partial charge in [-0.1, -0.05) is 19.0 Å². The van der Waals surface area contributed by atoms with E-state index in [0.29, 0.717) is 30.9 Å². The molecule has 0 aromatic carbocycles. The lowest BCUT2D eigenvalue weighted by molar-refractivity contribution is 0.0927. The summed E-state index contributed by atoms with van der Waals surface area (Å²) in [5, 5.41) is 20.4. The Hall–Kier alpha value is -1.99. The minimum Gasteiger partial charge on any atom is -0.391 e. The zero-order valence-corrected chi connectivity index (χ0v) is 12.7. The number of amides is 1. The molecule has 22 heavy (non-hydrogen) atoms. The van der Waals surface area contributed by atoms with Gasteiger partial charge >= 0.3 is 0 Å². The van der Waals surface area contributed by atoms with Crippen LogP contribution in [0.3, 0.4) is 0 Å². The van der Waals surface area contributed by atoms with Gasteiger partial charge in [-0.25, -0.2) is 4.98 Å². The van der Waals surface area contributed by atoms with Crippen molar-refractivity contribution in [2.45, 2.75) is 25.9 Å². The first-order chi connectivity index (χ1) is 10.6. The van der Waals surface area contributed by atoms with Gasteiger partial charge in [0.1, 0.15) is 0 Å². The van der Waals surface area contributed by atoms with E-state index >= 15 is 0 Å². The first-order valence-corrected chi connectivity index (χ1v) is 7.48. The van der Waals surface area contributed by atoms with Crippen LogP contribution in [0.25, 0.3) is 11.1 Å². The summed E-state index contributed by atoms with van der Waals surface area (Å²) in [6.45, 7) is 5.75. The van der Waals surface area contributed by atoms with E-state index in [-0.39, 0.29) is 17.7 Å². The van der Waals surface area contributed by atoms with Gasteiger partial charge < -0.3 is 20.3 Å². The van der Waals surface area contributed by atoms with Crippen molar-refractivity contribution in [3.8, 4) is 0 Å². The molecular weight excluding hydrogens is 284 g/mol. The van der Waals surface area contributed by atoms with E-state index in [0.717, 1.165) is 11.1 Å². The molecule has 1 fully saturated rings. The monoisotopic (exact) mass is 304 g/mol. The number of carbonyl (C=O) groups excluding carboxylic acids is 1. The van der Waals surface area contributed by atoms with Gasteiger partial charge in [-0.2, -0.15) is 0 Å². The molecule has 1 amide bonds. The van der Waals surface area contributed by atoms with Crippen molar-refractivity contribution in [1.82, 2.24) is 20.8 Å². The second-order valence-electron chi connectivity index (χ2n) is 5.99. The largest absolute Gasteiger partial charge is 0.391 e. The maximum Gasteiger partial charge on any atom is 0.257 e. The summed E-state index contributed by atoms with van der Waals surface area (Å²) in [6.07, 6.45) is 1.07. The molecule has 118 valence electrons. The molecule has 2 unspecified atom stereocenters. The average molecular weight is 304 g/mol. The van der Waals surface area contributed by atoms with Crippen LogP contribution in [-0.4, -0.2) is 46.9 Å². The van der Waals surface area contributed by atoms with Crippen LogP contribution in [0.5, 0.6) is 0 Å². The number of fused-ring (bicyclic) bond motifs is 1. The molecular formula is C15H20N4O3. The number of β-amino-alcohol motifs (C(OH)–C–C–N with tert-alkyl or cyclic N) is 1. The maximum absolute atomic E-state index is 12.3. The summed E-state index contributed by atoms with van der Waals surface area (Å²) in [4.78, 5) is 16.4. The second kappa shape index (κ2) is 6.02. The van der Waals surface area contributed by atoms with Crippen molar-refractivity contribution in [2.75, 3.05) is 19.6 Å². The van der Waals surface area contributed by atoms with E-state index in [1.165, 1.54) is 6.20 Å². The second-order valence-corrected chi connectivity index (χ2v) is 5.99. The number of aliphatic hydroxyl groups is 1. The van der Waals surface area contributed by atoms with E-state index in [4.69, 9.17) is 4.52 Å². The zero-order valence-electron chi connectivity index (χ0n) is 12.7. The number of hydrogen-bond acceptors (Lipinski definition) is 6. The Morgan fingerprint density at radius 1 is 1.55 bits per heavy atom. The first-order valence-electron chi connectivity index (χ1n) is 7.48. The van der Waals surface area contributed by atoms with Crippen LogP contribution in [-0.2, 0) is 0 Å². The lowest BCUT2D eigenvalue weighted by Crippen LogP contribution is -2.34. The van der Waals surface area contributed by atoms with Gasteiger partial charge in [0, 0.05) is 31.7 Å². The number of aromatic nitrogens is 2.